The molecule has 0 saturated heterocycles. The second-order valence-electron chi connectivity index (χ2n) is 2.44. The molecule has 1 heterocycles. The Labute approximate surface area is 73.1 Å². The highest BCUT2D eigenvalue weighted by molar-refractivity contribution is 6.35. The maximum atomic E-state index is 12.2. The van der Waals surface area contributed by atoms with E-state index >= 15 is 0 Å². The summed E-state index contributed by atoms with van der Waals surface area (Å²) >= 11 is 4.54. The van der Waals surface area contributed by atoms with Crippen molar-refractivity contribution in [3.8, 4) is 0 Å². The van der Waals surface area contributed by atoms with Crippen molar-refractivity contribution >= 4 is 17.4 Å². The van der Waals surface area contributed by atoms with E-state index in [9.17, 15) is 13.6 Å². The topological polar surface area (TPSA) is 26.3 Å². The van der Waals surface area contributed by atoms with Crippen LogP contribution in [-0.4, -0.2) is 17.8 Å². The third kappa shape index (κ3) is 2.17. The first-order chi connectivity index (χ1) is 5.52. The van der Waals surface area contributed by atoms with Gasteiger partial charge in [0.2, 0.25) is 5.78 Å². The van der Waals surface area contributed by atoms with Crippen LogP contribution in [0.5, 0.6) is 0 Å². The molecule has 0 aromatic carbocycles. The Morgan fingerprint density at radius 3 is 2.75 bits per heavy atom. The first-order valence-electron chi connectivity index (χ1n) is 3.44. The number of rotatable bonds is 2. The second kappa shape index (κ2) is 3.39. The number of alkyl halides is 3. The van der Waals surface area contributed by atoms with Crippen molar-refractivity contribution in [3.05, 3.63) is 11.8 Å². The van der Waals surface area contributed by atoms with E-state index in [0.29, 0.717) is 19.4 Å². The second-order valence-corrected chi connectivity index (χ2v) is 2.92. The number of ether oxygens (including phenoxy) is 1. The van der Waals surface area contributed by atoms with E-state index < -0.39 is 11.2 Å². The highest BCUT2D eigenvalue weighted by Crippen LogP contribution is 2.27. The summed E-state index contributed by atoms with van der Waals surface area (Å²) in [7, 11) is 0. The van der Waals surface area contributed by atoms with Gasteiger partial charge < -0.3 is 4.74 Å². The van der Waals surface area contributed by atoms with Crippen molar-refractivity contribution in [2.75, 3.05) is 6.61 Å². The molecular weight excluding hydrogens is 190 g/mol. The maximum absolute atomic E-state index is 12.2. The van der Waals surface area contributed by atoms with Gasteiger partial charge in [-0.25, -0.2) is 0 Å². The first-order valence-corrected chi connectivity index (χ1v) is 3.82. The van der Waals surface area contributed by atoms with Crippen LogP contribution in [0, 0.1) is 0 Å². The highest BCUT2D eigenvalue weighted by Gasteiger charge is 2.38. The minimum absolute atomic E-state index is 0.0405. The summed E-state index contributed by atoms with van der Waals surface area (Å²) in [6.45, 7) is 0.463. The number of halogens is 3. The zero-order chi connectivity index (χ0) is 9.19. The summed E-state index contributed by atoms with van der Waals surface area (Å²) in [6.07, 6.45) is 1.94. The van der Waals surface area contributed by atoms with Crippen molar-refractivity contribution < 1.29 is 18.3 Å². The van der Waals surface area contributed by atoms with Crippen LogP contribution in [0.25, 0.3) is 0 Å². The Bertz CT molecular complexity index is 220. The molecule has 0 unspecified atom stereocenters. The van der Waals surface area contributed by atoms with Gasteiger partial charge in [0.15, 0.2) is 0 Å². The summed E-state index contributed by atoms with van der Waals surface area (Å²) in [5.41, 5.74) is -0.0405. The lowest BCUT2D eigenvalue weighted by Crippen LogP contribution is -2.24. The average molecular weight is 197 g/mol. The number of carbonyl (C=O) groups excluding carboxylic acids is 1. The molecule has 0 aromatic heterocycles. The smallest absolute Gasteiger partial charge is 0.384 e. The fourth-order valence-corrected chi connectivity index (χ4v) is 1.03. The Morgan fingerprint density at radius 1 is 1.67 bits per heavy atom. The van der Waals surface area contributed by atoms with Crippen LogP contribution in [0.4, 0.5) is 8.78 Å². The lowest BCUT2D eigenvalue weighted by Gasteiger charge is -2.14. The molecule has 0 saturated carbocycles. The van der Waals surface area contributed by atoms with Crippen LogP contribution >= 0.6 is 11.6 Å². The lowest BCUT2D eigenvalue weighted by molar-refractivity contribution is -0.129. The Morgan fingerprint density at radius 2 is 2.33 bits per heavy atom. The molecule has 0 atom stereocenters. The van der Waals surface area contributed by atoms with E-state index in [4.69, 9.17) is 4.74 Å². The first kappa shape index (κ1) is 9.45. The van der Waals surface area contributed by atoms with Crippen LogP contribution in [0.2, 0.25) is 0 Å². The van der Waals surface area contributed by atoms with Gasteiger partial charge in [-0.1, -0.05) is 0 Å². The normalized spacial score (nSPS) is 18.1. The fraction of sp³-hybridized carbons (Fsp3) is 0.571. The molecule has 12 heavy (non-hydrogen) atoms. The average Bonchev–Trinajstić information content (AvgIpc) is 2.03. The molecule has 0 fully saturated rings. The van der Waals surface area contributed by atoms with Gasteiger partial charge >= 0.3 is 5.38 Å². The molecule has 0 aliphatic carbocycles. The van der Waals surface area contributed by atoms with Gasteiger partial charge in [0.1, 0.15) is 0 Å². The largest absolute Gasteiger partial charge is 0.501 e. The summed E-state index contributed by atoms with van der Waals surface area (Å²) in [6, 6.07) is 0. The van der Waals surface area contributed by atoms with Crippen LogP contribution in [0.15, 0.2) is 11.8 Å². The monoisotopic (exact) mass is 196 g/mol. The minimum atomic E-state index is -3.80. The Hall–Kier alpha value is -0.640. The van der Waals surface area contributed by atoms with Gasteiger partial charge in [-0.2, -0.15) is 8.78 Å². The molecular formula is C7H7ClF2O2. The van der Waals surface area contributed by atoms with Crippen molar-refractivity contribution in [1.82, 2.24) is 0 Å². The number of hydrogen-bond donors (Lipinski definition) is 0. The van der Waals surface area contributed by atoms with Crippen molar-refractivity contribution in [2.45, 2.75) is 18.2 Å². The van der Waals surface area contributed by atoms with Gasteiger partial charge in [0.25, 0.3) is 0 Å². The standard InChI is InChI=1S/C7H7ClF2O2/c8-7(9,10)6(11)5-2-1-3-12-4-5/h4H,1-3H2. The molecule has 0 bridgehead atoms. The van der Waals surface area contributed by atoms with Crippen LogP contribution in [0.3, 0.4) is 0 Å². The molecule has 0 aromatic rings. The predicted molar refractivity (Wildman–Crippen MR) is 39.1 cm³/mol. The maximum Gasteiger partial charge on any atom is 0.384 e. The summed E-state index contributed by atoms with van der Waals surface area (Å²) in [4.78, 5) is 10.8. The molecule has 0 radical (unpaired) electrons. The van der Waals surface area contributed by atoms with Crippen molar-refractivity contribution in [1.29, 1.82) is 0 Å². The fourth-order valence-electron chi connectivity index (χ4n) is 0.914. The summed E-state index contributed by atoms with van der Waals surface area (Å²) < 4.78 is 29.2. The van der Waals surface area contributed by atoms with E-state index in [1.165, 1.54) is 0 Å². The zero-order valence-electron chi connectivity index (χ0n) is 6.15. The van der Waals surface area contributed by atoms with E-state index in [-0.39, 0.29) is 5.57 Å². The van der Waals surface area contributed by atoms with E-state index in [0.717, 1.165) is 6.26 Å². The van der Waals surface area contributed by atoms with Gasteiger partial charge in [-0.05, 0) is 24.4 Å². The van der Waals surface area contributed by atoms with Crippen molar-refractivity contribution in [2.24, 2.45) is 0 Å². The van der Waals surface area contributed by atoms with Gasteiger partial charge in [-0.15, -0.1) is 0 Å². The summed E-state index contributed by atoms with van der Waals surface area (Å²) in [5.74, 6) is -1.36. The molecule has 0 N–H and O–H groups in total. The van der Waals surface area contributed by atoms with Gasteiger partial charge in [0.05, 0.1) is 12.9 Å². The molecule has 1 aliphatic heterocycles. The lowest BCUT2D eigenvalue weighted by atomic mass is 10.1. The zero-order valence-corrected chi connectivity index (χ0v) is 6.90. The number of carbonyl (C=O) groups is 1. The Kier molecular flexibility index (Phi) is 2.67. The number of allylic oxidation sites excluding steroid dienone is 1. The molecule has 0 spiro atoms. The van der Waals surface area contributed by atoms with Crippen LogP contribution < -0.4 is 0 Å². The minimum Gasteiger partial charge on any atom is -0.501 e. The summed E-state index contributed by atoms with van der Waals surface area (Å²) in [5, 5.41) is -3.80. The number of ketones is 1. The van der Waals surface area contributed by atoms with Crippen LogP contribution in [-0.2, 0) is 9.53 Å². The SMILES string of the molecule is O=C(C1=COCCC1)C(F)(F)Cl. The van der Waals surface area contributed by atoms with Crippen LogP contribution in [0.1, 0.15) is 12.8 Å². The number of Topliss-reactive ketones (excluding diaryl/α,β-unsaturated/α-hetero) is 1. The van der Waals surface area contributed by atoms with Gasteiger partial charge in [-0.3, -0.25) is 4.79 Å². The van der Waals surface area contributed by atoms with Gasteiger partial charge in [0, 0.05) is 5.57 Å². The Balaban J connectivity index is 2.70. The molecule has 0 amide bonds. The molecule has 2 nitrogen and oxygen atoms in total. The molecule has 1 aliphatic rings. The third-order valence-corrected chi connectivity index (χ3v) is 1.65. The van der Waals surface area contributed by atoms with Crippen molar-refractivity contribution in [3.63, 3.8) is 0 Å². The molecule has 68 valence electrons. The molecule has 1 rings (SSSR count). The third-order valence-electron chi connectivity index (χ3n) is 1.48. The molecule has 5 heteroatoms. The predicted octanol–water partition coefficient (Wildman–Crippen LogP) is 2.08. The van der Waals surface area contributed by atoms with E-state index in [1.54, 1.807) is 0 Å². The van der Waals surface area contributed by atoms with E-state index in [1.807, 2.05) is 0 Å². The highest BCUT2D eigenvalue weighted by atomic mass is 35.5. The number of hydrogen-bond acceptors (Lipinski definition) is 2. The van der Waals surface area contributed by atoms with E-state index in [2.05, 4.69) is 11.6 Å². The quantitative estimate of drug-likeness (QED) is 0.632.